The van der Waals surface area contributed by atoms with E-state index in [-0.39, 0.29) is 17.1 Å². The third-order valence-corrected chi connectivity index (χ3v) is 0.425. The van der Waals surface area contributed by atoms with Crippen molar-refractivity contribution in [3.05, 3.63) is 24.7 Å². The second kappa shape index (κ2) is 6.61. The van der Waals surface area contributed by atoms with Crippen LogP contribution in [0.15, 0.2) is 29.1 Å². The summed E-state index contributed by atoms with van der Waals surface area (Å²) in [4.78, 5) is 25.6. The number of rotatable bonds is 0. The molecule has 0 aliphatic rings. The monoisotopic (exact) mass is 219 g/mol. The zero-order chi connectivity index (χ0) is 8.04. The summed E-state index contributed by atoms with van der Waals surface area (Å²) < 4.78 is 13.1. The molecule has 0 saturated heterocycles. The molecule has 1 radical (unpaired) electrons. The van der Waals surface area contributed by atoms with Gasteiger partial charge in [-0.15, -0.1) is 0 Å². The predicted molar refractivity (Wildman–Crippen MR) is 26.3 cm³/mol. The van der Waals surface area contributed by atoms with Crippen LogP contribution in [0.1, 0.15) is 0 Å². The van der Waals surface area contributed by atoms with Crippen LogP contribution >= 0.6 is 7.82 Å². The first kappa shape index (κ1) is 13.5. The molecule has 0 bridgehead atoms. The smallest absolute Gasteiger partial charge is 0.822 e. The van der Waals surface area contributed by atoms with Crippen molar-refractivity contribution in [2.45, 2.75) is 0 Å². The van der Waals surface area contributed by atoms with E-state index in [1.54, 1.807) is 12.5 Å². The Morgan fingerprint density at radius 1 is 1.09 bits per heavy atom. The summed E-state index contributed by atoms with van der Waals surface area (Å²) in [7, 11) is -5.39. The SMILES string of the molecule is O=P([O-])([O-])[O-].[Fe+3].c1ccoc1. The van der Waals surface area contributed by atoms with Crippen molar-refractivity contribution < 1.29 is 40.7 Å². The summed E-state index contributed by atoms with van der Waals surface area (Å²) in [6, 6.07) is 3.67. The van der Waals surface area contributed by atoms with Gasteiger partial charge in [-0.25, -0.2) is 0 Å². The van der Waals surface area contributed by atoms with Gasteiger partial charge in [0.1, 0.15) is 0 Å². The third-order valence-electron chi connectivity index (χ3n) is 0.425. The van der Waals surface area contributed by atoms with E-state index in [9.17, 15) is 0 Å². The summed E-state index contributed by atoms with van der Waals surface area (Å²) >= 11 is 0. The fourth-order valence-electron chi connectivity index (χ4n) is 0.227. The molecule has 0 aliphatic heterocycles. The average molecular weight is 219 g/mol. The molecule has 0 aliphatic carbocycles. The quantitative estimate of drug-likeness (QED) is 0.388. The molecule has 7 heteroatoms. The van der Waals surface area contributed by atoms with Crippen LogP contribution in [0.4, 0.5) is 0 Å². The van der Waals surface area contributed by atoms with E-state index in [4.69, 9.17) is 19.2 Å². The van der Waals surface area contributed by atoms with Crippen molar-refractivity contribution >= 4 is 7.82 Å². The molecule has 1 aromatic rings. The molecule has 1 aromatic heterocycles. The van der Waals surface area contributed by atoms with Gasteiger partial charge in [-0.1, -0.05) is 0 Å². The Morgan fingerprint density at radius 2 is 1.36 bits per heavy atom. The number of furan rings is 1. The van der Waals surface area contributed by atoms with Gasteiger partial charge < -0.3 is 23.7 Å². The molecule has 1 rings (SSSR count). The molecule has 5 nitrogen and oxygen atoms in total. The second-order valence-electron chi connectivity index (χ2n) is 1.24. The van der Waals surface area contributed by atoms with E-state index >= 15 is 0 Å². The van der Waals surface area contributed by atoms with Crippen LogP contribution in [-0.2, 0) is 21.6 Å². The summed E-state index contributed by atoms with van der Waals surface area (Å²) in [5.41, 5.74) is 0. The maximum Gasteiger partial charge on any atom is 3.00 e. The average Bonchev–Trinajstić information content (AvgIpc) is 2.07. The van der Waals surface area contributed by atoms with Gasteiger partial charge in [-0.2, -0.15) is 7.82 Å². The first-order chi connectivity index (χ1) is 4.50. The largest absolute Gasteiger partial charge is 3.00 e. The second-order valence-corrected chi connectivity index (χ2v) is 2.13. The molecule has 0 fully saturated rings. The fraction of sp³-hybridized carbons (Fsp3) is 0. The topological polar surface area (TPSA) is 99.4 Å². The van der Waals surface area contributed by atoms with Crippen molar-refractivity contribution in [2.75, 3.05) is 0 Å². The maximum absolute atomic E-state index is 8.55. The molecule has 1 heterocycles. The van der Waals surface area contributed by atoms with Crippen LogP contribution in [0, 0.1) is 0 Å². The molecule has 0 unspecified atom stereocenters. The molecular formula is C4H4FeO5P. The Hall–Kier alpha value is -0.0905. The normalized spacial score (nSPS) is 9.00. The molecule has 0 spiro atoms. The first-order valence-electron chi connectivity index (χ1n) is 2.20. The van der Waals surface area contributed by atoms with E-state index < -0.39 is 7.82 Å². The zero-order valence-electron chi connectivity index (χ0n) is 5.15. The molecule has 0 atom stereocenters. The Balaban J connectivity index is 0. The van der Waals surface area contributed by atoms with Gasteiger partial charge in [-0.05, 0) is 12.1 Å². The molecule has 11 heavy (non-hydrogen) atoms. The van der Waals surface area contributed by atoms with Gasteiger partial charge in [0.2, 0.25) is 0 Å². The van der Waals surface area contributed by atoms with Crippen molar-refractivity contribution in [1.82, 2.24) is 0 Å². The van der Waals surface area contributed by atoms with Crippen LogP contribution in [0.2, 0.25) is 0 Å². The van der Waals surface area contributed by atoms with E-state index in [0.29, 0.717) is 0 Å². The number of hydrogen-bond donors (Lipinski definition) is 0. The van der Waals surface area contributed by atoms with Crippen LogP contribution in [0.5, 0.6) is 0 Å². The van der Waals surface area contributed by atoms with E-state index in [1.165, 1.54) is 0 Å². The molecule has 0 amide bonds. The van der Waals surface area contributed by atoms with Crippen LogP contribution < -0.4 is 14.7 Å². The molecule has 0 saturated carbocycles. The number of hydrogen-bond acceptors (Lipinski definition) is 5. The van der Waals surface area contributed by atoms with Gasteiger partial charge in [0, 0.05) is 0 Å². The Labute approximate surface area is 73.8 Å². The van der Waals surface area contributed by atoms with Gasteiger partial charge in [0.05, 0.1) is 12.5 Å². The number of phosphoric acid groups is 1. The van der Waals surface area contributed by atoms with Crippen molar-refractivity contribution in [3.8, 4) is 0 Å². The summed E-state index contributed by atoms with van der Waals surface area (Å²) in [5, 5.41) is 0. The fourth-order valence-corrected chi connectivity index (χ4v) is 0.227. The Morgan fingerprint density at radius 3 is 1.45 bits per heavy atom. The minimum Gasteiger partial charge on any atom is -0.822 e. The third kappa shape index (κ3) is 25.7. The Bertz CT molecular complexity index is 167. The summed E-state index contributed by atoms with van der Waals surface area (Å²) in [5.74, 6) is 0. The van der Waals surface area contributed by atoms with Crippen LogP contribution in [0.25, 0.3) is 0 Å². The standard InChI is InChI=1S/C4H4O.Fe.H3O4P/c1-2-4-5-3-1;;1-5(2,3)4/h1-4H;;(H3,1,2,3,4)/q;+3;/p-3. The predicted octanol–water partition coefficient (Wildman–Crippen LogP) is -1.55. The van der Waals surface area contributed by atoms with Crippen molar-refractivity contribution in [2.24, 2.45) is 0 Å². The van der Waals surface area contributed by atoms with Gasteiger partial charge in [0.25, 0.3) is 0 Å². The molecule has 63 valence electrons. The van der Waals surface area contributed by atoms with Gasteiger partial charge in [0.15, 0.2) is 0 Å². The molecule has 0 N–H and O–H groups in total. The van der Waals surface area contributed by atoms with Crippen LogP contribution in [0.3, 0.4) is 0 Å². The van der Waals surface area contributed by atoms with E-state index in [0.717, 1.165) is 0 Å². The molecule has 0 aromatic carbocycles. The maximum atomic E-state index is 8.55. The summed E-state index contributed by atoms with van der Waals surface area (Å²) in [6.07, 6.45) is 3.25. The van der Waals surface area contributed by atoms with Crippen LogP contribution in [-0.4, -0.2) is 0 Å². The zero-order valence-corrected chi connectivity index (χ0v) is 7.15. The summed E-state index contributed by atoms with van der Waals surface area (Å²) in [6.45, 7) is 0. The van der Waals surface area contributed by atoms with E-state index in [2.05, 4.69) is 4.42 Å². The first-order valence-corrected chi connectivity index (χ1v) is 3.66. The van der Waals surface area contributed by atoms with Gasteiger partial charge >= 0.3 is 17.1 Å². The van der Waals surface area contributed by atoms with E-state index in [1.807, 2.05) is 12.1 Å². The van der Waals surface area contributed by atoms with Crippen molar-refractivity contribution in [3.63, 3.8) is 0 Å². The molecular weight excluding hydrogens is 215 g/mol. The van der Waals surface area contributed by atoms with Gasteiger partial charge in [-0.3, -0.25) is 0 Å². The minimum atomic E-state index is -5.39. The minimum absolute atomic E-state index is 0. The Kier molecular flexibility index (Phi) is 8.11. The van der Waals surface area contributed by atoms with Crippen molar-refractivity contribution in [1.29, 1.82) is 0 Å².